The summed E-state index contributed by atoms with van der Waals surface area (Å²) >= 11 is 0. The summed E-state index contributed by atoms with van der Waals surface area (Å²) in [5, 5.41) is 21.2. The summed E-state index contributed by atoms with van der Waals surface area (Å²) in [5.41, 5.74) is 1.38. The van der Waals surface area contributed by atoms with Crippen molar-refractivity contribution in [2.24, 2.45) is 0 Å². The minimum atomic E-state index is -0.945. The van der Waals surface area contributed by atoms with E-state index in [-0.39, 0.29) is 6.04 Å². The maximum atomic E-state index is 10.8. The van der Waals surface area contributed by atoms with Gasteiger partial charge in [0.15, 0.2) is 0 Å². The number of aryl methyl sites for hydroxylation is 1. The van der Waals surface area contributed by atoms with Gasteiger partial charge in [-0.15, -0.1) is 0 Å². The van der Waals surface area contributed by atoms with E-state index in [1.807, 2.05) is 25.1 Å². The van der Waals surface area contributed by atoms with Crippen molar-refractivity contribution in [2.45, 2.75) is 56.5 Å². The third kappa shape index (κ3) is 3.36. The molecule has 2 fully saturated rings. The lowest BCUT2D eigenvalue weighted by atomic mass is 9.71. The van der Waals surface area contributed by atoms with Gasteiger partial charge in [-0.1, -0.05) is 6.07 Å². The number of nitriles is 1. The van der Waals surface area contributed by atoms with Crippen LogP contribution in [0.3, 0.4) is 0 Å². The second-order valence-electron chi connectivity index (χ2n) is 7.02. The normalized spacial score (nSPS) is 30.7. The Morgan fingerprint density at radius 3 is 2.79 bits per heavy atom. The SMILES string of the molecule is Cc1cccc(C2(C#N)CCC(N3CC[C@H](NC(=O)O)C3)CC2)n1. The van der Waals surface area contributed by atoms with Gasteiger partial charge in [-0.25, -0.2) is 4.79 Å². The molecule has 1 aliphatic carbocycles. The third-order valence-electron chi connectivity index (χ3n) is 5.46. The van der Waals surface area contributed by atoms with Gasteiger partial charge >= 0.3 is 6.09 Å². The van der Waals surface area contributed by atoms with E-state index >= 15 is 0 Å². The summed E-state index contributed by atoms with van der Waals surface area (Å²) < 4.78 is 0. The van der Waals surface area contributed by atoms with Crippen LogP contribution in [0.2, 0.25) is 0 Å². The number of aromatic nitrogens is 1. The highest BCUT2D eigenvalue weighted by atomic mass is 16.4. The number of nitrogens with one attached hydrogen (secondary N) is 1. The van der Waals surface area contributed by atoms with Gasteiger partial charge < -0.3 is 10.4 Å². The Balaban J connectivity index is 1.63. The number of hydrogen-bond donors (Lipinski definition) is 2. The molecule has 1 aromatic rings. The van der Waals surface area contributed by atoms with E-state index < -0.39 is 11.5 Å². The molecule has 2 heterocycles. The van der Waals surface area contributed by atoms with Gasteiger partial charge in [-0.05, 0) is 51.2 Å². The van der Waals surface area contributed by atoms with Crippen molar-refractivity contribution in [2.75, 3.05) is 13.1 Å². The smallest absolute Gasteiger partial charge is 0.404 e. The summed E-state index contributed by atoms with van der Waals surface area (Å²) in [6.07, 6.45) is 3.48. The van der Waals surface area contributed by atoms with Gasteiger partial charge in [-0.2, -0.15) is 5.26 Å². The minimum Gasteiger partial charge on any atom is -0.465 e. The molecule has 0 unspecified atom stereocenters. The predicted molar refractivity (Wildman–Crippen MR) is 89.7 cm³/mol. The number of rotatable bonds is 3. The fraction of sp³-hybridized carbons (Fsp3) is 0.611. The highest BCUT2D eigenvalue weighted by Gasteiger charge is 2.41. The molecule has 1 saturated heterocycles. The number of nitrogens with zero attached hydrogens (tertiary/aromatic N) is 3. The molecule has 1 amide bonds. The van der Waals surface area contributed by atoms with Gasteiger partial charge in [0.1, 0.15) is 0 Å². The Labute approximate surface area is 142 Å². The van der Waals surface area contributed by atoms with Gasteiger partial charge in [0.2, 0.25) is 0 Å². The Morgan fingerprint density at radius 1 is 1.42 bits per heavy atom. The highest BCUT2D eigenvalue weighted by molar-refractivity contribution is 5.64. The second kappa shape index (κ2) is 6.78. The zero-order valence-corrected chi connectivity index (χ0v) is 14.0. The molecule has 6 nitrogen and oxygen atoms in total. The maximum absolute atomic E-state index is 10.8. The summed E-state index contributed by atoms with van der Waals surface area (Å²) in [6, 6.07) is 8.92. The molecular formula is C18H24N4O2. The number of carbonyl (C=O) groups is 1. The molecule has 2 aliphatic rings. The van der Waals surface area contributed by atoms with E-state index in [1.54, 1.807) is 0 Å². The number of pyridine rings is 1. The molecule has 1 aromatic heterocycles. The van der Waals surface area contributed by atoms with Gasteiger partial charge in [0.25, 0.3) is 0 Å². The number of hydrogen-bond acceptors (Lipinski definition) is 4. The summed E-state index contributed by atoms with van der Waals surface area (Å²) in [5.74, 6) is 0. The fourth-order valence-electron chi connectivity index (χ4n) is 4.11. The Hall–Kier alpha value is -2.13. The van der Waals surface area contributed by atoms with Crippen LogP contribution < -0.4 is 5.32 Å². The van der Waals surface area contributed by atoms with Crippen molar-refractivity contribution in [3.63, 3.8) is 0 Å². The van der Waals surface area contributed by atoms with E-state index in [0.29, 0.717) is 6.04 Å². The van der Waals surface area contributed by atoms with Crippen molar-refractivity contribution >= 4 is 6.09 Å². The largest absolute Gasteiger partial charge is 0.465 e. The Bertz CT molecular complexity index is 647. The molecule has 6 heteroatoms. The predicted octanol–water partition coefficient (Wildman–Crippen LogP) is 2.44. The van der Waals surface area contributed by atoms with Crippen LogP contribution in [0, 0.1) is 18.3 Å². The lowest BCUT2D eigenvalue weighted by Crippen LogP contribution is -2.43. The Kier molecular flexibility index (Phi) is 4.72. The quantitative estimate of drug-likeness (QED) is 0.889. The van der Waals surface area contributed by atoms with E-state index in [2.05, 4.69) is 21.3 Å². The highest BCUT2D eigenvalue weighted by Crippen LogP contribution is 2.40. The number of carboxylic acid groups (broad SMARTS) is 1. The number of likely N-dealkylation sites (tertiary alicyclic amines) is 1. The first-order valence-electron chi connectivity index (χ1n) is 8.61. The third-order valence-corrected chi connectivity index (χ3v) is 5.46. The van der Waals surface area contributed by atoms with Crippen molar-refractivity contribution in [3.05, 3.63) is 29.6 Å². The lowest BCUT2D eigenvalue weighted by Gasteiger charge is -2.38. The molecule has 3 rings (SSSR count). The molecule has 1 aliphatic heterocycles. The van der Waals surface area contributed by atoms with Crippen LogP contribution in [0.4, 0.5) is 4.79 Å². The first-order chi connectivity index (χ1) is 11.5. The summed E-state index contributed by atoms with van der Waals surface area (Å²) in [7, 11) is 0. The van der Waals surface area contributed by atoms with Crippen LogP contribution in [0.1, 0.15) is 43.5 Å². The van der Waals surface area contributed by atoms with Gasteiger partial charge in [-0.3, -0.25) is 9.88 Å². The topological polar surface area (TPSA) is 89.2 Å². The number of amides is 1. The summed E-state index contributed by atoms with van der Waals surface area (Å²) in [6.45, 7) is 3.66. The van der Waals surface area contributed by atoms with Gasteiger partial charge in [0, 0.05) is 30.9 Å². The van der Waals surface area contributed by atoms with Crippen LogP contribution in [0.15, 0.2) is 18.2 Å². The maximum Gasteiger partial charge on any atom is 0.404 e. The average Bonchev–Trinajstić information content (AvgIpc) is 3.02. The van der Waals surface area contributed by atoms with Crippen LogP contribution in [0.25, 0.3) is 0 Å². The van der Waals surface area contributed by atoms with E-state index in [0.717, 1.165) is 56.6 Å². The Morgan fingerprint density at radius 2 is 2.17 bits per heavy atom. The lowest BCUT2D eigenvalue weighted by molar-refractivity contribution is 0.158. The minimum absolute atomic E-state index is 0.0311. The summed E-state index contributed by atoms with van der Waals surface area (Å²) in [4.78, 5) is 17.8. The van der Waals surface area contributed by atoms with Gasteiger partial charge in [0.05, 0.1) is 17.2 Å². The monoisotopic (exact) mass is 328 g/mol. The van der Waals surface area contributed by atoms with Crippen LogP contribution >= 0.6 is 0 Å². The zero-order valence-electron chi connectivity index (χ0n) is 14.0. The van der Waals surface area contributed by atoms with Crippen LogP contribution in [0.5, 0.6) is 0 Å². The zero-order chi connectivity index (χ0) is 17.2. The average molecular weight is 328 g/mol. The molecular weight excluding hydrogens is 304 g/mol. The van der Waals surface area contributed by atoms with Crippen LogP contribution in [-0.2, 0) is 5.41 Å². The van der Waals surface area contributed by atoms with E-state index in [1.165, 1.54) is 0 Å². The van der Waals surface area contributed by atoms with E-state index in [9.17, 15) is 10.1 Å². The molecule has 24 heavy (non-hydrogen) atoms. The molecule has 0 aromatic carbocycles. The molecule has 0 radical (unpaired) electrons. The van der Waals surface area contributed by atoms with Crippen molar-refractivity contribution in [1.29, 1.82) is 5.26 Å². The van der Waals surface area contributed by atoms with Crippen molar-refractivity contribution < 1.29 is 9.90 Å². The second-order valence-corrected chi connectivity index (χ2v) is 7.02. The molecule has 1 saturated carbocycles. The molecule has 2 N–H and O–H groups in total. The molecule has 1 atom stereocenters. The van der Waals surface area contributed by atoms with Crippen molar-refractivity contribution in [1.82, 2.24) is 15.2 Å². The fourth-order valence-corrected chi connectivity index (χ4v) is 4.11. The van der Waals surface area contributed by atoms with E-state index in [4.69, 9.17) is 5.11 Å². The standard InChI is InChI=1S/C18H24N4O2/c1-13-3-2-4-16(20-13)18(12-19)8-5-15(6-9-18)22-10-7-14(11-22)21-17(23)24/h2-4,14-15,21H,5-11H2,1H3,(H,23,24)/t14-,15?,18?/m0/s1. The molecule has 0 bridgehead atoms. The first kappa shape index (κ1) is 16.7. The first-order valence-corrected chi connectivity index (χ1v) is 8.61. The van der Waals surface area contributed by atoms with Crippen molar-refractivity contribution in [3.8, 4) is 6.07 Å². The van der Waals surface area contributed by atoms with Crippen LogP contribution in [-0.4, -0.2) is 46.3 Å². The molecule has 128 valence electrons. The molecule has 0 spiro atoms.